The van der Waals surface area contributed by atoms with Gasteiger partial charge in [0, 0.05) is 24.5 Å². The van der Waals surface area contributed by atoms with Crippen molar-refractivity contribution in [2.45, 2.75) is 25.9 Å². The van der Waals surface area contributed by atoms with Crippen LogP contribution in [0.5, 0.6) is 0 Å². The Morgan fingerprint density at radius 2 is 1.94 bits per heavy atom. The van der Waals surface area contributed by atoms with E-state index in [9.17, 15) is 4.79 Å². The fourth-order valence-electron chi connectivity index (χ4n) is 2.29. The van der Waals surface area contributed by atoms with Gasteiger partial charge in [-0.2, -0.15) is 0 Å². The predicted octanol–water partition coefficient (Wildman–Crippen LogP) is -1.72. The maximum Gasteiger partial charge on any atom is 1.00 e. The molecule has 2 aliphatic heterocycles. The van der Waals surface area contributed by atoms with Gasteiger partial charge in [0.1, 0.15) is 0 Å². The number of aromatic carboxylic acids is 1. The number of carboxylic acid groups (broad SMARTS) is 1. The Kier molecular flexibility index (Phi) is 3.91. The first-order chi connectivity index (χ1) is 7.74. The van der Waals surface area contributed by atoms with Gasteiger partial charge in [0.05, 0.1) is 12.2 Å². The molecule has 0 radical (unpaired) electrons. The Bertz CT molecular complexity index is 411. The van der Waals surface area contributed by atoms with Crippen LogP contribution in [0, 0.1) is 0 Å². The van der Waals surface area contributed by atoms with Gasteiger partial charge in [-0.1, -0.05) is 0 Å². The second-order valence-corrected chi connectivity index (χ2v) is 5.26. The van der Waals surface area contributed by atoms with Crippen LogP contribution in [-0.2, 0) is 13.1 Å². The van der Waals surface area contributed by atoms with Crippen molar-refractivity contribution in [2.75, 3.05) is 13.1 Å². The minimum absolute atomic E-state index is 0. The number of hydrogen-bond donors (Lipinski definition) is 1. The SMILES string of the molecule is O=C(O)c1nc2c(s1)CN1CCCCN1C2.[H-].[Li+]. The number of rotatable bonds is 1. The zero-order chi connectivity index (χ0) is 11.1. The van der Waals surface area contributed by atoms with Gasteiger partial charge in [0.25, 0.3) is 0 Å². The molecule has 17 heavy (non-hydrogen) atoms. The molecule has 5 nitrogen and oxygen atoms in total. The van der Waals surface area contributed by atoms with Crippen LogP contribution in [0.4, 0.5) is 0 Å². The van der Waals surface area contributed by atoms with E-state index in [1.54, 1.807) is 0 Å². The maximum atomic E-state index is 10.9. The Labute approximate surface area is 117 Å². The average molecular weight is 247 g/mol. The van der Waals surface area contributed by atoms with E-state index in [1.807, 2.05) is 0 Å². The van der Waals surface area contributed by atoms with Crippen molar-refractivity contribution in [3.05, 3.63) is 15.6 Å². The van der Waals surface area contributed by atoms with Crippen molar-refractivity contribution in [1.29, 1.82) is 0 Å². The molecule has 0 bridgehead atoms. The molecule has 0 aromatic carbocycles. The minimum Gasteiger partial charge on any atom is -1.00 e. The molecular weight excluding hydrogens is 233 g/mol. The Hall–Kier alpha value is -0.383. The van der Waals surface area contributed by atoms with Crippen molar-refractivity contribution < 1.29 is 30.2 Å². The molecular formula is C10H14LiN3O2S. The van der Waals surface area contributed by atoms with Crippen molar-refractivity contribution in [2.24, 2.45) is 0 Å². The summed E-state index contributed by atoms with van der Waals surface area (Å²) in [7, 11) is 0. The molecule has 2 aliphatic rings. The molecule has 3 rings (SSSR count). The van der Waals surface area contributed by atoms with E-state index >= 15 is 0 Å². The molecule has 0 saturated carbocycles. The summed E-state index contributed by atoms with van der Waals surface area (Å²) < 4.78 is 0. The number of hydrogen-bond acceptors (Lipinski definition) is 5. The van der Waals surface area contributed by atoms with E-state index in [0.29, 0.717) is 0 Å². The van der Waals surface area contributed by atoms with Crippen molar-refractivity contribution in [3.8, 4) is 0 Å². The van der Waals surface area contributed by atoms with E-state index in [0.717, 1.165) is 36.8 Å². The summed E-state index contributed by atoms with van der Waals surface area (Å²) in [5, 5.41) is 13.7. The Balaban J connectivity index is 0.000000810. The van der Waals surface area contributed by atoms with Gasteiger partial charge in [-0.05, 0) is 12.8 Å². The summed E-state index contributed by atoms with van der Waals surface area (Å²) in [5.74, 6) is -0.910. The molecule has 1 saturated heterocycles. The van der Waals surface area contributed by atoms with E-state index in [-0.39, 0.29) is 25.3 Å². The molecule has 0 aliphatic carbocycles. The van der Waals surface area contributed by atoms with Gasteiger partial charge in [-0.3, -0.25) is 0 Å². The molecule has 1 N–H and O–H groups in total. The van der Waals surface area contributed by atoms with Crippen LogP contribution in [-0.4, -0.2) is 39.2 Å². The van der Waals surface area contributed by atoms with E-state index in [4.69, 9.17) is 5.11 Å². The summed E-state index contributed by atoms with van der Waals surface area (Å²) in [6.45, 7) is 3.76. The molecule has 0 amide bonds. The first-order valence-electron chi connectivity index (χ1n) is 5.46. The summed E-state index contributed by atoms with van der Waals surface area (Å²) in [5.41, 5.74) is 0.959. The molecule has 0 unspecified atom stereocenters. The van der Waals surface area contributed by atoms with Crippen LogP contribution >= 0.6 is 11.3 Å². The second-order valence-electron chi connectivity index (χ2n) is 4.18. The number of aromatic nitrogens is 1. The number of nitrogens with zero attached hydrogens (tertiary/aromatic N) is 3. The van der Waals surface area contributed by atoms with Gasteiger partial charge in [0.2, 0.25) is 5.01 Å². The third-order valence-electron chi connectivity index (χ3n) is 3.10. The van der Waals surface area contributed by atoms with Gasteiger partial charge in [-0.15, -0.1) is 11.3 Å². The van der Waals surface area contributed by atoms with Gasteiger partial charge in [0.15, 0.2) is 0 Å². The van der Waals surface area contributed by atoms with E-state index in [2.05, 4.69) is 15.0 Å². The van der Waals surface area contributed by atoms with Gasteiger partial charge in [-0.25, -0.2) is 19.8 Å². The molecule has 1 aromatic heterocycles. The summed E-state index contributed by atoms with van der Waals surface area (Å²) in [6.07, 6.45) is 2.46. The third kappa shape index (κ3) is 2.42. The number of carbonyl (C=O) groups is 1. The van der Waals surface area contributed by atoms with Crippen LogP contribution in [0.15, 0.2) is 0 Å². The van der Waals surface area contributed by atoms with E-state index < -0.39 is 5.97 Å². The normalized spacial score (nSPS) is 20.2. The molecule has 1 fully saturated rings. The van der Waals surface area contributed by atoms with Crippen LogP contribution < -0.4 is 18.9 Å². The molecule has 1 aromatic rings. The largest absolute Gasteiger partial charge is 1.00 e. The summed E-state index contributed by atoms with van der Waals surface area (Å²) >= 11 is 1.32. The fraction of sp³-hybridized carbons (Fsp3) is 0.600. The predicted molar refractivity (Wildman–Crippen MR) is 60.2 cm³/mol. The second kappa shape index (κ2) is 5.08. The zero-order valence-electron chi connectivity index (χ0n) is 10.8. The number of fused-ring (bicyclic) bond motifs is 2. The third-order valence-corrected chi connectivity index (χ3v) is 4.17. The Morgan fingerprint density at radius 3 is 2.59 bits per heavy atom. The molecule has 7 heteroatoms. The maximum absolute atomic E-state index is 10.9. The minimum atomic E-state index is -0.910. The van der Waals surface area contributed by atoms with Crippen LogP contribution in [0.3, 0.4) is 0 Å². The number of hydrazine groups is 1. The van der Waals surface area contributed by atoms with Crippen LogP contribution in [0.1, 0.15) is 34.6 Å². The first kappa shape index (κ1) is 13.1. The monoisotopic (exact) mass is 247 g/mol. The molecule has 0 spiro atoms. The average Bonchev–Trinajstić information content (AvgIpc) is 2.68. The van der Waals surface area contributed by atoms with E-state index in [1.165, 1.54) is 24.2 Å². The van der Waals surface area contributed by atoms with Crippen LogP contribution in [0.25, 0.3) is 0 Å². The quantitative estimate of drug-likeness (QED) is 0.599. The first-order valence-corrected chi connectivity index (χ1v) is 6.27. The fourth-order valence-corrected chi connectivity index (χ4v) is 3.21. The molecule has 88 valence electrons. The smallest absolute Gasteiger partial charge is 1.00 e. The number of thiazole rings is 1. The van der Waals surface area contributed by atoms with Gasteiger partial charge < -0.3 is 6.53 Å². The molecule has 0 atom stereocenters. The van der Waals surface area contributed by atoms with Crippen molar-refractivity contribution in [1.82, 2.24) is 15.0 Å². The van der Waals surface area contributed by atoms with Crippen LogP contribution in [0.2, 0.25) is 0 Å². The molecule has 3 heterocycles. The summed E-state index contributed by atoms with van der Waals surface area (Å²) in [4.78, 5) is 16.2. The summed E-state index contributed by atoms with van der Waals surface area (Å²) in [6, 6.07) is 0. The topological polar surface area (TPSA) is 56.7 Å². The van der Waals surface area contributed by atoms with Crippen molar-refractivity contribution >= 4 is 17.3 Å². The van der Waals surface area contributed by atoms with Gasteiger partial charge >= 0.3 is 24.8 Å². The number of carboxylic acids is 1. The Morgan fingerprint density at radius 1 is 1.29 bits per heavy atom. The van der Waals surface area contributed by atoms with Crippen molar-refractivity contribution in [3.63, 3.8) is 0 Å². The zero-order valence-corrected chi connectivity index (χ0v) is 10.7. The standard InChI is InChI=1S/C10H13N3O2S.Li.H/c14-10(15)9-11-7-5-12-3-1-2-4-13(12)6-8(7)16-9;;/h1-6H2,(H,14,15);;/q;+1;-1.